The first-order chi connectivity index (χ1) is 15.0. The predicted molar refractivity (Wildman–Crippen MR) is 115 cm³/mol. The van der Waals surface area contributed by atoms with Crippen LogP contribution in [0.25, 0.3) is 0 Å². The number of piperidine rings is 1. The number of hydrogen-bond acceptors (Lipinski definition) is 4. The third-order valence-electron chi connectivity index (χ3n) is 5.47. The molecule has 0 N–H and O–H groups in total. The fourth-order valence-corrected chi connectivity index (χ4v) is 4.36. The largest absolute Gasteiger partial charge is 0.416 e. The molecule has 1 amide bonds. The molecule has 1 aromatic carbocycles. The van der Waals surface area contributed by atoms with Crippen molar-refractivity contribution in [1.82, 2.24) is 19.6 Å². The van der Waals surface area contributed by atoms with E-state index in [4.69, 9.17) is 23.2 Å². The minimum atomic E-state index is -4.44. The van der Waals surface area contributed by atoms with Crippen LogP contribution in [0.1, 0.15) is 41.4 Å². The van der Waals surface area contributed by atoms with Crippen LogP contribution in [-0.4, -0.2) is 58.1 Å². The summed E-state index contributed by atoms with van der Waals surface area (Å²) in [5.74, 6) is -0.0942. The third-order valence-corrected chi connectivity index (χ3v) is 5.98. The first-order valence-corrected chi connectivity index (χ1v) is 10.8. The van der Waals surface area contributed by atoms with E-state index >= 15 is 0 Å². The van der Waals surface area contributed by atoms with Gasteiger partial charge in [0, 0.05) is 38.1 Å². The van der Waals surface area contributed by atoms with Crippen molar-refractivity contribution >= 4 is 35.0 Å². The van der Waals surface area contributed by atoms with E-state index in [1.54, 1.807) is 11.9 Å². The second-order valence-electron chi connectivity index (χ2n) is 8.04. The standard InChI is InChI=1S/C21H23Cl2F3N4O2/c1-13(31)19-18(23)12-30(27-19)20(32)29-7-5-14(6-8-29)10-28(2)11-15-9-16(22)3-4-17(15)21(24,25)26/h3-4,9,12,14H,5-8,10-11H2,1-2H3. The number of Topliss-reactive ketones (excluding diaryl/α,β-unsaturated/α-hetero) is 1. The SMILES string of the molecule is CC(=O)c1nn(C(=O)N2CCC(CN(C)Cc3cc(Cl)ccc3C(F)(F)F)CC2)cc1Cl. The lowest BCUT2D eigenvalue weighted by Crippen LogP contribution is -2.43. The Morgan fingerprint density at radius 1 is 1.22 bits per heavy atom. The first kappa shape index (κ1) is 24.5. The maximum atomic E-state index is 13.3. The predicted octanol–water partition coefficient (Wildman–Crippen LogP) is 5.22. The van der Waals surface area contributed by atoms with Crippen LogP contribution in [0.15, 0.2) is 24.4 Å². The van der Waals surface area contributed by atoms with Gasteiger partial charge in [-0.05, 0) is 49.6 Å². The van der Waals surface area contributed by atoms with Crippen molar-refractivity contribution in [2.45, 2.75) is 32.5 Å². The van der Waals surface area contributed by atoms with Crippen LogP contribution >= 0.6 is 23.2 Å². The lowest BCUT2D eigenvalue weighted by atomic mass is 9.96. The lowest BCUT2D eigenvalue weighted by Gasteiger charge is -2.33. The van der Waals surface area contributed by atoms with Gasteiger partial charge in [-0.15, -0.1) is 0 Å². The second kappa shape index (κ2) is 9.80. The van der Waals surface area contributed by atoms with Crippen LogP contribution in [0, 0.1) is 5.92 Å². The van der Waals surface area contributed by atoms with Crippen LogP contribution in [0.5, 0.6) is 0 Å². The smallest absolute Gasteiger partial charge is 0.323 e. The highest BCUT2D eigenvalue weighted by molar-refractivity contribution is 6.33. The van der Waals surface area contributed by atoms with Gasteiger partial charge < -0.3 is 9.80 Å². The number of halogens is 5. The molecule has 1 fully saturated rings. The molecule has 2 heterocycles. The van der Waals surface area contributed by atoms with Crippen LogP contribution in [-0.2, 0) is 12.7 Å². The Balaban J connectivity index is 1.56. The summed E-state index contributed by atoms with van der Waals surface area (Å²) in [6.45, 7) is 3.00. The van der Waals surface area contributed by atoms with Crippen LogP contribution in [0.4, 0.5) is 18.0 Å². The van der Waals surface area contributed by atoms with Crippen molar-refractivity contribution in [1.29, 1.82) is 0 Å². The minimum Gasteiger partial charge on any atom is -0.323 e. The van der Waals surface area contributed by atoms with Crippen molar-refractivity contribution < 1.29 is 22.8 Å². The van der Waals surface area contributed by atoms with Crippen molar-refractivity contribution in [2.24, 2.45) is 5.92 Å². The maximum Gasteiger partial charge on any atom is 0.416 e. The average molecular weight is 491 g/mol. The first-order valence-electron chi connectivity index (χ1n) is 10.0. The van der Waals surface area contributed by atoms with Crippen molar-refractivity contribution in [3.05, 3.63) is 51.3 Å². The summed E-state index contributed by atoms with van der Waals surface area (Å²) in [5.41, 5.74) is -0.496. The molecule has 32 heavy (non-hydrogen) atoms. The van der Waals surface area contributed by atoms with E-state index in [1.165, 1.54) is 25.3 Å². The van der Waals surface area contributed by atoms with Gasteiger partial charge in [0.1, 0.15) is 5.69 Å². The lowest BCUT2D eigenvalue weighted by molar-refractivity contribution is -0.138. The van der Waals surface area contributed by atoms with E-state index in [0.29, 0.717) is 32.5 Å². The number of benzene rings is 1. The summed E-state index contributed by atoms with van der Waals surface area (Å²) in [5, 5.41) is 4.36. The summed E-state index contributed by atoms with van der Waals surface area (Å²) in [7, 11) is 1.77. The maximum absolute atomic E-state index is 13.3. The highest BCUT2D eigenvalue weighted by Gasteiger charge is 2.34. The molecular weight excluding hydrogens is 468 g/mol. The summed E-state index contributed by atoms with van der Waals surface area (Å²) in [6.07, 6.45) is -1.72. The normalized spacial score (nSPS) is 15.4. The zero-order chi connectivity index (χ0) is 23.6. The Bertz CT molecular complexity index is 1000. The highest BCUT2D eigenvalue weighted by Crippen LogP contribution is 2.34. The molecule has 1 aliphatic rings. The molecule has 1 saturated heterocycles. The minimum absolute atomic E-state index is 0.0516. The number of nitrogens with zero attached hydrogens (tertiary/aromatic N) is 4. The van der Waals surface area contributed by atoms with Gasteiger partial charge in [-0.25, -0.2) is 4.79 Å². The number of carbonyl (C=O) groups excluding carboxylic acids is 2. The van der Waals surface area contributed by atoms with Crippen molar-refractivity contribution in [3.63, 3.8) is 0 Å². The van der Waals surface area contributed by atoms with Gasteiger partial charge in [0.2, 0.25) is 0 Å². The molecule has 2 aromatic rings. The summed E-state index contributed by atoms with van der Waals surface area (Å²) in [4.78, 5) is 27.6. The number of carbonyl (C=O) groups is 2. The molecular formula is C21H23Cl2F3N4O2. The Kier molecular flexibility index (Phi) is 7.52. The average Bonchev–Trinajstić information content (AvgIpc) is 3.09. The van der Waals surface area contributed by atoms with Crippen LogP contribution < -0.4 is 0 Å². The Morgan fingerprint density at radius 2 is 1.88 bits per heavy atom. The summed E-state index contributed by atoms with van der Waals surface area (Å²) >= 11 is 11.9. The molecule has 0 saturated carbocycles. The molecule has 1 aromatic heterocycles. The fraction of sp³-hybridized carbons (Fsp3) is 0.476. The molecule has 1 aliphatic heterocycles. The van der Waals surface area contributed by atoms with E-state index < -0.39 is 11.7 Å². The Hall–Kier alpha value is -2.10. The van der Waals surface area contributed by atoms with E-state index in [2.05, 4.69) is 5.10 Å². The number of rotatable bonds is 5. The topological polar surface area (TPSA) is 58.4 Å². The number of hydrogen-bond donors (Lipinski definition) is 0. The van der Waals surface area contributed by atoms with E-state index in [-0.39, 0.29) is 45.6 Å². The van der Waals surface area contributed by atoms with Gasteiger partial charge in [0.25, 0.3) is 0 Å². The van der Waals surface area contributed by atoms with Crippen LogP contribution in [0.2, 0.25) is 10.0 Å². The van der Waals surface area contributed by atoms with Crippen molar-refractivity contribution in [3.8, 4) is 0 Å². The zero-order valence-electron chi connectivity index (χ0n) is 17.6. The van der Waals surface area contributed by atoms with E-state index in [9.17, 15) is 22.8 Å². The van der Waals surface area contributed by atoms with Gasteiger partial charge in [-0.2, -0.15) is 23.0 Å². The molecule has 0 bridgehead atoms. The van der Waals surface area contributed by atoms with E-state index in [1.807, 2.05) is 4.90 Å². The Labute approximate surface area is 193 Å². The molecule has 0 atom stereocenters. The fourth-order valence-electron chi connectivity index (χ4n) is 3.91. The molecule has 174 valence electrons. The molecule has 0 unspecified atom stereocenters. The molecule has 11 heteroatoms. The molecule has 0 radical (unpaired) electrons. The second-order valence-corrected chi connectivity index (χ2v) is 8.88. The third kappa shape index (κ3) is 5.82. The van der Waals surface area contributed by atoms with Crippen molar-refractivity contribution in [2.75, 3.05) is 26.7 Å². The zero-order valence-corrected chi connectivity index (χ0v) is 19.1. The number of likely N-dealkylation sites (tertiary alicyclic amines) is 1. The monoisotopic (exact) mass is 490 g/mol. The Morgan fingerprint density at radius 3 is 2.44 bits per heavy atom. The number of amides is 1. The molecule has 0 spiro atoms. The molecule has 0 aliphatic carbocycles. The molecule has 3 rings (SSSR count). The van der Waals surface area contributed by atoms with Gasteiger partial charge >= 0.3 is 12.2 Å². The van der Waals surface area contributed by atoms with Gasteiger partial charge in [-0.3, -0.25) is 4.79 Å². The van der Waals surface area contributed by atoms with Gasteiger partial charge in [0.15, 0.2) is 5.78 Å². The van der Waals surface area contributed by atoms with Gasteiger partial charge in [-0.1, -0.05) is 23.2 Å². The number of ketones is 1. The van der Waals surface area contributed by atoms with E-state index in [0.717, 1.165) is 10.7 Å². The molecule has 6 nitrogen and oxygen atoms in total. The summed E-state index contributed by atoms with van der Waals surface area (Å²) < 4.78 is 40.9. The van der Waals surface area contributed by atoms with Gasteiger partial charge in [0.05, 0.1) is 16.8 Å². The van der Waals surface area contributed by atoms with Crippen LogP contribution in [0.3, 0.4) is 0 Å². The number of aromatic nitrogens is 2. The highest BCUT2D eigenvalue weighted by atomic mass is 35.5. The quantitative estimate of drug-likeness (QED) is 0.538. The summed E-state index contributed by atoms with van der Waals surface area (Å²) in [6, 6.07) is 3.24. The number of alkyl halides is 3.